The highest BCUT2D eigenvalue weighted by Crippen LogP contribution is 2.26. The fourth-order valence-electron chi connectivity index (χ4n) is 3.32. The molecule has 0 bridgehead atoms. The SMILES string of the molecule is N#CCCc1ccccc1C(=O)N1CCOCC1COc1cccc(O)c1C=O. The average molecular weight is 394 g/mol. The van der Waals surface area contributed by atoms with Crippen molar-refractivity contribution in [1.82, 2.24) is 4.90 Å². The van der Waals surface area contributed by atoms with Crippen LogP contribution in [0.1, 0.15) is 32.7 Å². The van der Waals surface area contributed by atoms with Gasteiger partial charge in [-0.1, -0.05) is 24.3 Å². The Morgan fingerprint density at radius 2 is 2.14 bits per heavy atom. The highest BCUT2D eigenvalue weighted by atomic mass is 16.5. The maximum atomic E-state index is 13.2. The number of amides is 1. The molecule has 1 aliphatic rings. The molecule has 7 heteroatoms. The number of rotatable bonds is 7. The second kappa shape index (κ2) is 9.71. The van der Waals surface area contributed by atoms with Gasteiger partial charge in [-0.25, -0.2) is 0 Å². The van der Waals surface area contributed by atoms with Crippen LogP contribution in [0.4, 0.5) is 0 Å². The van der Waals surface area contributed by atoms with Crippen LogP contribution in [-0.2, 0) is 11.2 Å². The summed E-state index contributed by atoms with van der Waals surface area (Å²) in [6.07, 6.45) is 1.39. The van der Waals surface area contributed by atoms with Gasteiger partial charge in [-0.2, -0.15) is 5.26 Å². The Bertz CT molecular complexity index is 922. The summed E-state index contributed by atoms with van der Waals surface area (Å²) in [6, 6.07) is 13.6. The molecular formula is C22H22N2O5. The molecule has 1 atom stereocenters. The van der Waals surface area contributed by atoms with E-state index in [0.29, 0.717) is 44.4 Å². The molecule has 2 aromatic rings. The highest BCUT2D eigenvalue weighted by Gasteiger charge is 2.30. The Hall–Kier alpha value is -3.37. The highest BCUT2D eigenvalue weighted by molar-refractivity contribution is 5.96. The van der Waals surface area contributed by atoms with Crippen molar-refractivity contribution in [3.05, 3.63) is 59.2 Å². The number of hydrogen-bond acceptors (Lipinski definition) is 6. The second-order valence-electron chi connectivity index (χ2n) is 6.66. The molecule has 0 radical (unpaired) electrons. The lowest BCUT2D eigenvalue weighted by Gasteiger charge is -2.36. The number of aldehydes is 1. The maximum Gasteiger partial charge on any atom is 0.254 e. The molecule has 1 amide bonds. The van der Waals surface area contributed by atoms with Crippen LogP contribution in [0.2, 0.25) is 0 Å². The van der Waals surface area contributed by atoms with E-state index in [1.165, 1.54) is 6.07 Å². The summed E-state index contributed by atoms with van der Waals surface area (Å²) in [4.78, 5) is 26.2. The number of carbonyl (C=O) groups excluding carboxylic acids is 2. The summed E-state index contributed by atoms with van der Waals surface area (Å²) in [7, 11) is 0. The molecule has 1 unspecified atom stereocenters. The molecule has 29 heavy (non-hydrogen) atoms. The summed E-state index contributed by atoms with van der Waals surface area (Å²) in [5.74, 6) is -0.0360. The van der Waals surface area contributed by atoms with Gasteiger partial charge in [0, 0.05) is 18.5 Å². The van der Waals surface area contributed by atoms with Crippen LogP contribution in [0, 0.1) is 11.3 Å². The largest absolute Gasteiger partial charge is 0.507 e. The number of nitriles is 1. The molecule has 1 fully saturated rings. The van der Waals surface area contributed by atoms with Gasteiger partial charge < -0.3 is 19.5 Å². The molecule has 2 aromatic carbocycles. The van der Waals surface area contributed by atoms with Crippen molar-refractivity contribution in [1.29, 1.82) is 5.26 Å². The zero-order valence-corrected chi connectivity index (χ0v) is 15.9. The summed E-state index contributed by atoms with van der Waals surface area (Å²) in [5.41, 5.74) is 1.48. The van der Waals surface area contributed by atoms with Crippen molar-refractivity contribution < 1.29 is 24.2 Å². The minimum atomic E-state index is -0.345. The number of carbonyl (C=O) groups is 2. The van der Waals surface area contributed by atoms with E-state index in [2.05, 4.69) is 6.07 Å². The summed E-state index contributed by atoms with van der Waals surface area (Å²) in [6.45, 7) is 1.27. The molecular weight excluding hydrogens is 372 g/mol. The number of benzene rings is 2. The quantitative estimate of drug-likeness (QED) is 0.725. The summed E-state index contributed by atoms with van der Waals surface area (Å²) >= 11 is 0. The van der Waals surface area contributed by atoms with Gasteiger partial charge in [0.15, 0.2) is 6.29 Å². The lowest BCUT2D eigenvalue weighted by molar-refractivity contribution is -0.0151. The van der Waals surface area contributed by atoms with Gasteiger partial charge in [-0.3, -0.25) is 9.59 Å². The van der Waals surface area contributed by atoms with Crippen molar-refractivity contribution >= 4 is 12.2 Å². The minimum Gasteiger partial charge on any atom is -0.507 e. The Labute approximate surface area is 169 Å². The first kappa shape index (κ1) is 20.4. The van der Waals surface area contributed by atoms with Gasteiger partial charge in [-0.15, -0.1) is 0 Å². The van der Waals surface area contributed by atoms with Gasteiger partial charge in [0.25, 0.3) is 5.91 Å². The summed E-state index contributed by atoms with van der Waals surface area (Å²) < 4.78 is 11.3. The average Bonchev–Trinajstić information content (AvgIpc) is 2.76. The van der Waals surface area contributed by atoms with Crippen molar-refractivity contribution in [3.8, 4) is 17.6 Å². The molecule has 0 spiro atoms. The normalized spacial score (nSPS) is 16.1. The number of morpholine rings is 1. The van der Waals surface area contributed by atoms with Crippen LogP contribution in [0.3, 0.4) is 0 Å². The van der Waals surface area contributed by atoms with Crippen LogP contribution < -0.4 is 4.74 Å². The number of hydrogen-bond donors (Lipinski definition) is 1. The maximum absolute atomic E-state index is 13.2. The molecule has 0 aliphatic carbocycles. The van der Waals surface area contributed by atoms with Crippen LogP contribution in [0.15, 0.2) is 42.5 Å². The zero-order valence-electron chi connectivity index (χ0n) is 15.9. The standard InChI is InChI=1S/C22H22N2O5/c23-10-4-6-16-5-1-2-7-18(16)22(27)24-11-12-28-14-17(24)15-29-21-9-3-8-20(26)19(21)13-25/h1-3,5,7-9,13,17,26H,4,6,11-12,14-15H2. The smallest absolute Gasteiger partial charge is 0.254 e. The van der Waals surface area contributed by atoms with E-state index in [-0.39, 0.29) is 35.6 Å². The summed E-state index contributed by atoms with van der Waals surface area (Å²) in [5, 5.41) is 18.7. The number of phenolic OH excluding ortho intramolecular Hbond substituents is 1. The van der Waals surface area contributed by atoms with Gasteiger partial charge in [0.2, 0.25) is 0 Å². The topological polar surface area (TPSA) is 99.9 Å². The van der Waals surface area contributed by atoms with Crippen LogP contribution in [-0.4, -0.2) is 54.6 Å². The molecule has 3 rings (SSSR count). The molecule has 7 nitrogen and oxygen atoms in total. The minimum absolute atomic E-state index is 0.0731. The van der Waals surface area contributed by atoms with Crippen LogP contribution in [0.25, 0.3) is 0 Å². The third kappa shape index (κ3) is 4.73. The van der Waals surface area contributed by atoms with Crippen molar-refractivity contribution in [2.45, 2.75) is 18.9 Å². The Morgan fingerprint density at radius 3 is 2.93 bits per heavy atom. The van der Waals surface area contributed by atoms with Gasteiger partial charge >= 0.3 is 0 Å². The van der Waals surface area contributed by atoms with E-state index in [9.17, 15) is 14.7 Å². The second-order valence-corrected chi connectivity index (χ2v) is 6.66. The van der Waals surface area contributed by atoms with E-state index >= 15 is 0 Å². The first-order chi connectivity index (χ1) is 14.2. The number of nitrogens with zero attached hydrogens (tertiary/aromatic N) is 2. The molecule has 1 heterocycles. The molecule has 1 aliphatic heterocycles. The Morgan fingerprint density at radius 1 is 1.31 bits per heavy atom. The molecule has 150 valence electrons. The fourth-order valence-corrected chi connectivity index (χ4v) is 3.32. The number of phenols is 1. The molecule has 0 saturated carbocycles. The van der Waals surface area contributed by atoms with E-state index in [0.717, 1.165) is 5.56 Å². The Kier molecular flexibility index (Phi) is 6.82. The monoisotopic (exact) mass is 394 g/mol. The predicted molar refractivity (Wildman–Crippen MR) is 105 cm³/mol. The van der Waals surface area contributed by atoms with E-state index in [1.807, 2.05) is 12.1 Å². The number of aromatic hydroxyl groups is 1. The van der Waals surface area contributed by atoms with Crippen molar-refractivity contribution in [2.24, 2.45) is 0 Å². The third-order valence-corrected chi connectivity index (χ3v) is 4.83. The lowest BCUT2D eigenvalue weighted by Crippen LogP contribution is -2.51. The molecule has 0 aromatic heterocycles. The first-order valence-electron chi connectivity index (χ1n) is 9.39. The zero-order chi connectivity index (χ0) is 20.6. The third-order valence-electron chi connectivity index (χ3n) is 4.83. The van der Waals surface area contributed by atoms with Gasteiger partial charge in [0.05, 0.1) is 30.9 Å². The Balaban J connectivity index is 1.77. The van der Waals surface area contributed by atoms with E-state index in [1.54, 1.807) is 29.2 Å². The fraction of sp³-hybridized carbons (Fsp3) is 0.318. The number of ether oxygens (including phenoxy) is 2. The lowest BCUT2D eigenvalue weighted by atomic mass is 10.0. The molecule has 1 saturated heterocycles. The van der Waals surface area contributed by atoms with Crippen molar-refractivity contribution in [2.75, 3.05) is 26.4 Å². The number of aryl methyl sites for hydroxylation is 1. The van der Waals surface area contributed by atoms with E-state index < -0.39 is 0 Å². The van der Waals surface area contributed by atoms with Gasteiger partial charge in [-0.05, 0) is 30.2 Å². The first-order valence-corrected chi connectivity index (χ1v) is 9.39. The van der Waals surface area contributed by atoms with Gasteiger partial charge in [0.1, 0.15) is 18.1 Å². The van der Waals surface area contributed by atoms with Crippen molar-refractivity contribution in [3.63, 3.8) is 0 Å². The van der Waals surface area contributed by atoms with Crippen LogP contribution in [0.5, 0.6) is 11.5 Å². The molecule has 1 N–H and O–H groups in total. The predicted octanol–water partition coefficient (Wildman–Crippen LogP) is 2.58. The van der Waals surface area contributed by atoms with E-state index in [4.69, 9.17) is 14.7 Å². The van der Waals surface area contributed by atoms with Crippen LogP contribution >= 0.6 is 0 Å².